The van der Waals surface area contributed by atoms with E-state index in [2.05, 4.69) is 110 Å². The molecule has 0 saturated carbocycles. The number of pyridine rings is 1. The third-order valence-electron chi connectivity index (χ3n) is 10.3. The molecule has 2 aliphatic rings. The smallest absolute Gasteiger partial charge is 0.669 e. The van der Waals surface area contributed by atoms with Crippen LogP contribution in [-0.4, -0.2) is 31.8 Å². The number of fused-ring (bicyclic) bond motifs is 3. The van der Waals surface area contributed by atoms with Crippen LogP contribution in [0.15, 0.2) is 171 Å². The summed E-state index contributed by atoms with van der Waals surface area (Å²) in [4.78, 5) is 4.80. The SMILES string of the molecule is C[N+]1=C=[N+](c2[c-]c(Oc3[c-]c(-c4cc(-c5[c-]c(Oc6[c-]cccc6)ccc5)[c-]cn4)cc(C4(C)c5ccccc5-c5ccccc54)c3)ccc2)C=C1.[C-]#Cn1cccc1.[Pt+2].[Pt+4]. The average molecular weight is 1150 g/mol. The van der Waals surface area contributed by atoms with Gasteiger partial charge in [0.15, 0.2) is 7.05 Å². The molecule has 3 heterocycles. The van der Waals surface area contributed by atoms with E-state index in [0.717, 1.165) is 33.6 Å². The van der Waals surface area contributed by atoms with Crippen molar-refractivity contribution in [1.82, 2.24) is 9.55 Å². The van der Waals surface area contributed by atoms with Crippen molar-refractivity contribution in [3.63, 3.8) is 0 Å². The largest absolute Gasteiger partial charge is 4.00 e. The van der Waals surface area contributed by atoms with Crippen molar-refractivity contribution in [2.24, 2.45) is 0 Å². The number of nitrogens with zero attached hydrogens (tertiary/aromatic N) is 4. The number of hydrogen-bond donors (Lipinski definition) is 0. The molecule has 6 aromatic carbocycles. The van der Waals surface area contributed by atoms with E-state index in [1.54, 1.807) is 23.2 Å². The van der Waals surface area contributed by atoms with Gasteiger partial charge in [-0.1, -0.05) is 93.8 Å². The fourth-order valence-corrected chi connectivity index (χ4v) is 7.40. The fraction of sp³-hybridized carbons (Fsp3) is 0.0566. The van der Waals surface area contributed by atoms with Crippen molar-refractivity contribution in [2.75, 3.05) is 7.05 Å². The van der Waals surface area contributed by atoms with Crippen LogP contribution in [0.3, 0.4) is 0 Å². The monoisotopic (exact) mass is 1150 g/mol. The quantitative estimate of drug-likeness (QED) is 0.0865. The minimum absolute atomic E-state index is 0. The third kappa shape index (κ3) is 8.97. The molecular weight excluding hydrogens is 1110 g/mol. The van der Waals surface area contributed by atoms with Crippen LogP contribution in [0.2, 0.25) is 0 Å². The number of rotatable bonds is 8. The molecule has 8 aromatic rings. The van der Waals surface area contributed by atoms with Crippen LogP contribution in [0.5, 0.6) is 23.0 Å². The summed E-state index contributed by atoms with van der Waals surface area (Å²) in [5.41, 5.74) is 9.53. The van der Waals surface area contributed by atoms with Gasteiger partial charge in [-0.05, 0) is 41.3 Å². The predicted octanol–water partition coefficient (Wildman–Crippen LogP) is 11.2. The van der Waals surface area contributed by atoms with E-state index in [4.69, 9.17) is 20.9 Å². The van der Waals surface area contributed by atoms with Crippen molar-refractivity contribution in [3.8, 4) is 62.6 Å². The summed E-state index contributed by atoms with van der Waals surface area (Å²) in [5.74, 6) is 2.34. The predicted molar refractivity (Wildman–Crippen MR) is 227 cm³/mol. The number of aromatic nitrogens is 2. The molecule has 0 radical (unpaired) electrons. The van der Waals surface area contributed by atoms with E-state index >= 15 is 0 Å². The zero-order valence-corrected chi connectivity index (χ0v) is 37.4. The van der Waals surface area contributed by atoms with E-state index in [1.807, 2.05) is 107 Å². The molecule has 0 N–H and O–H groups in total. The Morgan fingerprint density at radius 1 is 0.672 bits per heavy atom. The van der Waals surface area contributed by atoms with Crippen LogP contribution >= 0.6 is 0 Å². The summed E-state index contributed by atoms with van der Waals surface area (Å²) in [6.07, 6.45) is 15.7. The molecule has 10 rings (SSSR count). The summed E-state index contributed by atoms with van der Waals surface area (Å²) in [6, 6.07) is 68.6. The molecular formula is C53H34N4O2Pt2+2. The second-order valence-corrected chi connectivity index (χ2v) is 14.0. The van der Waals surface area contributed by atoms with E-state index in [9.17, 15) is 0 Å². The zero-order valence-electron chi connectivity index (χ0n) is 32.9. The van der Waals surface area contributed by atoms with Crippen LogP contribution in [0.1, 0.15) is 23.6 Å². The summed E-state index contributed by atoms with van der Waals surface area (Å²) in [6.45, 7) is 2.29. The molecule has 0 saturated heterocycles. The summed E-state index contributed by atoms with van der Waals surface area (Å²) >= 11 is 0. The van der Waals surface area contributed by atoms with Crippen LogP contribution < -0.4 is 9.47 Å². The summed E-state index contributed by atoms with van der Waals surface area (Å²) in [7, 11) is 1.94. The minimum atomic E-state index is -0.465. The van der Waals surface area contributed by atoms with Gasteiger partial charge >= 0.3 is 48.1 Å². The van der Waals surface area contributed by atoms with Crippen molar-refractivity contribution in [1.29, 1.82) is 0 Å². The first-order valence-corrected chi connectivity index (χ1v) is 19.0. The molecule has 61 heavy (non-hydrogen) atoms. The van der Waals surface area contributed by atoms with Gasteiger partial charge in [0.2, 0.25) is 6.20 Å². The summed E-state index contributed by atoms with van der Waals surface area (Å²) in [5, 5.41) is 0. The van der Waals surface area contributed by atoms with Gasteiger partial charge in [-0.15, -0.1) is 41.5 Å². The van der Waals surface area contributed by atoms with E-state index < -0.39 is 5.41 Å². The molecule has 1 aliphatic heterocycles. The molecule has 0 fully saturated rings. The van der Waals surface area contributed by atoms with Crippen LogP contribution in [0, 0.1) is 42.8 Å². The second kappa shape index (κ2) is 18.8. The molecule has 0 amide bonds. The number of hydrogen-bond acceptors (Lipinski definition) is 3. The van der Waals surface area contributed by atoms with Crippen LogP contribution in [0.25, 0.3) is 33.5 Å². The first kappa shape index (κ1) is 42.5. The van der Waals surface area contributed by atoms with Crippen LogP contribution in [-0.2, 0) is 47.5 Å². The van der Waals surface area contributed by atoms with E-state index in [1.165, 1.54) is 22.3 Å². The number of ether oxygens (including phenoxy) is 2. The molecule has 296 valence electrons. The molecule has 0 bridgehead atoms. The van der Waals surface area contributed by atoms with Crippen molar-refractivity contribution in [3.05, 3.63) is 224 Å². The first-order chi connectivity index (χ1) is 28.9. The summed E-state index contributed by atoms with van der Waals surface area (Å²) < 4.78 is 17.9. The Balaban J connectivity index is 0.000000569. The van der Waals surface area contributed by atoms with Gasteiger partial charge in [-0.25, -0.2) is 24.2 Å². The first-order valence-electron chi connectivity index (χ1n) is 19.0. The molecule has 0 unspecified atom stereocenters. The molecule has 8 heteroatoms. The minimum Gasteiger partial charge on any atom is -0.669 e. The zero-order chi connectivity index (χ0) is 40.2. The Labute approximate surface area is 385 Å². The van der Waals surface area contributed by atoms with Crippen molar-refractivity contribution in [2.45, 2.75) is 12.3 Å². The third-order valence-corrected chi connectivity index (χ3v) is 10.3. The van der Waals surface area contributed by atoms with Crippen molar-refractivity contribution < 1.29 is 60.8 Å². The Kier molecular flexibility index (Phi) is 13.1. The van der Waals surface area contributed by atoms with Gasteiger partial charge < -0.3 is 25.4 Å². The van der Waals surface area contributed by atoms with E-state index in [-0.39, 0.29) is 42.1 Å². The van der Waals surface area contributed by atoms with Gasteiger partial charge in [0.1, 0.15) is 5.69 Å². The maximum atomic E-state index is 6.61. The maximum Gasteiger partial charge on any atom is 4.00 e. The maximum absolute atomic E-state index is 6.61. The van der Waals surface area contributed by atoms with Gasteiger partial charge in [-0.2, -0.15) is 36.4 Å². The Morgan fingerprint density at radius 3 is 2.00 bits per heavy atom. The fourth-order valence-electron chi connectivity index (χ4n) is 7.40. The van der Waals surface area contributed by atoms with Gasteiger partial charge in [-0.3, -0.25) is 11.1 Å². The average Bonchev–Trinajstić information content (AvgIpc) is 4.04. The van der Waals surface area contributed by atoms with E-state index in [0.29, 0.717) is 23.0 Å². The topological polar surface area (TPSA) is 42.3 Å². The number of benzene rings is 6. The normalized spacial score (nSPS) is 12.5. The standard InChI is InChI=1S/C47H30N3O2.C6H4N.2Pt/c1-47(44-20-8-6-18-42(44)43-19-7-9-21-45(43)47)36-26-35(28-41(30-36)52-40-17-11-13-37(31-40)50-25-24-49(2)32-50)46-29-34(22-23-48-46)33-12-10-16-39(27-33)51-38-14-4-3-5-15-38;1-2-7-5-3-4-6-7;;/h3-14,16-21,23-26,29-30H,1-2H3;3-6H;;/q-3;-1;+2;+4. The van der Waals surface area contributed by atoms with Gasteiger partial charge in [0, 0.05) is 40.8 Å². The molecule has 0 atom stereocenters. The van der Waals surface area contributed by atoms with Crippen molar-refractivity contribution >= 4 is 11.7 Å². The van der Waals surface area contributed by atoms with Gasteiger partial charge in [0.25, 0.3) is 6.20 Å². The van der Waals surface area contributed by atoms with Crippen LogP contribution in [0.4, 0.5) is 5.69 Å². The Morgan fingerprint density at radius 2 is 1.33 bits per heavy atom. The second-order valence-electron chi connectivity index (χ2n) is 14.0. The Hall–Kier alpha value is -6.59. The molecule has 0 spiro atoms. The number of para-hydroxylation sites is 1. The molecule has 6 nitrogen and oxygen atoms in total. The van der Waals surface area contributed by atoms with Gasteiger partial charge in [0.05, 0.1) is 0 Å². The molecule has 2 aromatic heterocycles. The Bertz CT molecular complexity index is 2940. The molecule has 1 aliphatic carbocycles.